The van der Waals surface area contributed by atoms with Crippen molar-refractivity contribution < 1.29 is 9.53 Å². The first-order valence-corrected chi connectivity index (χ1v) is 3.52. The van der Waals surface area contributed by atoms with Crippen LogP contribution < -0.4 is 5.73 Å². The lowest BCUT2D eigenvalue weighted by Crippen LogP contribution is -2.10. The highest BCUT2D eigenvalue weighted by molar-refractivity contribution is 5.91. The molecule has 2 N–H and O–H groups in total. The molecule has 5 nitrogen and oxygen atoms in total. The first-order chi connectivity index (χ1) is 6.19. The fourth-order valence-electron chi connectivity index (χ4n) is 0.770. The zero-order valence-electron chi connectivity index (χ0n) is 7.15. The molecule has 0 saturated heterocycles. The summed E-state index contributed by atoms with van der Waals surface area (Å²) in [6.45, 7) is 3.49. The molecule has 0 atom stereocenters. The lowest BCUT2D eigenvalue weighted by molar-refractivity contribution is 0.0595. The number of nitrogens with two attached hydrogens (primary N) is 1. The Bertz CT molecular complexity index is 349. The van der Waals surface area contributed by atoms with Gasteiger partial charge < -0.3 is 10.5 Å². The van der Waals surface area contributed by atoms with E-state index >= 15 is 0 Å². The highest BCUT2D eigenvalue weighted by atomic mass is 16.5. The maximum atomic E-state index is 11.0. The van der Waals surface area contributed by atoms with Crippen molar-refractivity contribution >= 4 is 17.9 Å². The monoisotopic (exact) mass is 179 g/mol. The zero-order chi connectivity index (χ0) is 9.84. The van der Waals surface area contributed by atoms with Gasteiger partial charge in [-0.15, -0.1) is 0 Å². The maximum absolute atomic E-state index is 11.0. The van der Waals surface area contributed by atoms with Crippen molar-refractivity contribution in [2.75, 3.05) is 12.8 Å². The molecule has 0 unspecified atom stereocenters. The molecule has 13 heavy (non-hydrogen) atoms. The van der Waals surface area contributed by atoms with Gasteiger partial charge in [-0.3, -0.25) is 0 Å². The van der Waals surface area contributed by atoms with Crippen molar-refractivity contribution in [2.45, 2.75) is 0 Å². The van der Waals surface area contributed by atoms with Gasteiger partial charge in [-0.25, -0.2) is 14.8 Å². The fraction of sp³-hybridized carbons (Fsp3) is 0.125. The summed E-state index contributed by atoms with van der Waals surface area (Å²) < 4.78 is 4.44. The van der Waals surface area contributed by atoms with Crippen LogP contribution in [0.15, 0.2) is 12.8 Å². The second-order valence-corrected chi connectivity index (χ2v) is 2.22. The number of hydrogen-bond donors (Lipinski definition) is 1. The normalized spacial score (nSPS) is 9.31. The molecule has 0 bridgehead atoms. The van der Waals surface area contributed by atoms with Crippen molar-refractivity contribution in [2.24, 2.45) is 0 Å². The van der Waals surface area contributed by atoms with Gasteiger partial charge in [-0.05, 0) is 6.08 Å². The topological polar surface area (TPSA) is 78.1 Å². The van der Waals surface area contributed by atoms with Crippen LogP contribution in [-0.4, -0.2) is 23.0 Å². The molecular formula is C8H9N3O2. The number of esters is 1. The highest BCUT2D eigenvalue weighted by Crippen LogP contribution is 2.07. The van der Waals surface area contributed by atoms with E-state index in [-0.39, 0.29) is 11.5 Å². The summed E-state index contributed by atoms with van der Waals surface area (Å²) in [5.41, 5.74) is 5.99. The number of carbonyl (C=O) groups is 1. The third-order valence-electron chi connectivity index (χ3n) is 1.41. The molecule has 0 saturated carbocycles. The summed E-state index contributed by atoms with van der Waals surface area (Å²) in [6.07, 6.45) is 2.89. The Labute approximate surface area is 75.3 Å². The molecule has 0 amide bonds. The average Bonchev–Trinajstić information content (AvgIpc) is 2.16. The van der Waals surface area contributed by atoms with E-state index in [0.717, 1.165) is 0 Å². The first-order valence-electron chi connectivity index (χ1n) is 3.52. The molecule has 1 heterocycles. The van der Waals surface area contributed by atoms with Crippen LogP contribution in [0.3, 0.4) is 0 Å². The summed E-state index contributed by atoms with van der Waals surface area (Å²) in [6, 6.07) is 0. The number of hydrogen-bond acceptors (Lipinski definition) is 5. The van der Waals surface area contributed by atoms with Gasteiger partial charge in [-0.2, -0.15) is 0 Å². The number of anilines is 1. The van der Waals surface area contributed by atoms with Crippen LogP contribution in [0.4, 0.5) is 5.82 Å². The third kappa shape index (κ3) is 1.81. The minimum absolute atomic E-state index is 0.0214. The SMILES string of the molecule is C=Cc1cnc(C(=O)OC)c(N)n1. The third-order valence-corrected chi connectivity index (χ3v) is 1.41. The van der Waals surface area contributed by atoms with Crippen LogP contribution >= 0.6 is 0 Å². The second-order valence-electron chi connectivity index (χ2n) is 2.22. The van der Waals surface area contributed by atoms with Gasteiger partial charge in [0.05, 0.1) is 19.0 Å². The predicted octanol–water partition coefficient (Wildman–Crippen LogP) is 0.488. The number of ether oxygens (including phenoxy) is 1. The Morgan fingerprint density at radius 2 is 2.46 bits per heavy atom. The summed E-state index contributed by atoms with van der Waals surface area (Å²) >= 11 is 0. The summed E-state index contributed by atoms with van der Waals surface area (Å²) in [4.78, 5) is 18.6. The summed E-state index contributed by atoms with van der Waals surface area (Å²) in [5.74, 6) is -0.551. The molecule has 1 rings (SSSR count). The van der Waals surface area contributed by atoms with Crippen molar-refractivity contribution in [3.8, 4) is 0 Å². The average molecular weight is 179 g/mol. The van der Waals surface area contributed by atoms with E-state index < -0.39 is 5.97 Å². The number of rotatable bonds is 2. The largest absolute Gasteiger partial charge is 0.464 e. The fourth-order valence-corrected chi connectivity index (χ4v) is 0.770. The Hall–Kier alpha value is -1.91. The molecule has 5 heteroatoms. The lowest BCUT2D eigenvalue weighted by Gasteiger charge is -2.01. The molecule has 1 aromatic heterocycles. The van der Waals surface area contributed by atoms with E-state index in [4.69, 9.17) is 5.73 Å². The van der Waals surface area contributed by atoms with E-state index in [1.807, 2.05) is 0 Å². The van der Waals surface area contributed by atoms with Gasteiger partial charge in [0.1, 0.15) is 0 Å². The minimum Gasteiger partial charge on any atom is -0.464 e. The zero-order valence-corrected chi connectivity index (χ0v) is 7.15. The Morgan fingerprint density at radius 1 is 1.77 bits per heavy atom. The molecule has 0 aromatic carbocycles. The number of nitrogens with zero attached hydrogens (tertiary/aromatic N) is 2. The number of carbonyl (C=O) groups excluding carboxylic acids is 1. The first kappa shape index (κ1) is 9.18. The lowest BCUT2D eigenvalue weighted by atomic mass is 10.3. The van der Waals surface area contributed by atoms with Crippen molar-refractivity contribution in [3.05, 3.63) is 24.2 Å². The van der Waals surface area contributed by atoms with Crippen LogP contribution in [0.1, 0.15) is 16.2 Å². The molecule has 68 valence electrons. The maximum Gasteiger partial charge on any atom is 0.360 e. The highest BCUT2D eigenvalue weighted by Gasteiger charge is 2.12. The van der Waals surface area contributed by atoms with Crippen LogP contribution in [-0.2, 0) is 4.74 Å². The number of methoxy groups -OCH3 is 1. The van der Waals surface area contributed by atoms with Crippen LogP contribution in [0, 0.1) is 0 Å². The van der Waals surface area contributed by atoms with Gasteiger partial charge in [0.25, 0.3) is 0 Å². The molecule has 0 aliphatic carbocycles. The van der Waals surface area contributed by atoms with Crippen LogP contribution in [0.25, 0.3) is 6.08 Å². The summed E-state index contributed by atoms with van der Waals surface area (Å²) in [7, 11) is 1.25. The standard InChI is InChI=1S/C8H9N3O2/c1-3-5-4-10-6(7(9)11-5)8(12)13-2/h3-4H,1H2,2H3,(H2,9,11). The predicted molar refractivity (Wildman–Crippen MR) is 47.9 cm³/mol. The van der Waals surface area contributed by atoms with E-state index in [0.29, 0.717) is 5.69 Å². The summed E-state index contributed by atoms with van der Waals surface area (Å²) in [5, 5.41) is 0. The van der Waals surface area contributed by atoms with Crippen LogP contribution in [0.5, 0.6) is 0 Å². The van der Waals surface area contributed by atoms with Crippen molar-refractivity contribution in [1.82, 2.24) is 9.97 Å². The molecule has 0 aliphatic rings. The molecule has 0 aliphatic heterocycles. The quantitative estimate of drug-likeness (QED) is 0.668. The van der Waals surface area contributed by atoms with Gasteiger partial charge in [-0.1, -0.05) is 6.58 Å². The van der Waals surface area contributed by atoms with Crippen LogP contribution in [0.2, 0.25) is 0 Å². The molecule has 0 spiro atoms. The Kier molecular flexibility index (Phi) is 2.59. The number of aromatic nitrogens is 2. The Balaban J connectivity index is 3.12. The molecule has 0 radical (unpaired) electrons. The number of nitrogen functional groups attached to an aromatic ring is 1. The van der Waals surface area contributed by atoms with E-state index in [1.165, 1.54) is 19.4 Å². The van der Waals surface area contributed by atoms with E-state index in [9.17, 15) is 4.79 Å². The van der Waals surface area contributed by atoms with E-state index in [2.05, 4.69) is 21.3 Å². The van der Waals surface area contributed by atoms with Crippen molar-refractivity contribution in [1.29, 1.82) is 0 Å². The van der Waals surface area contributed by atoms with E-state index in [1.54, 1.807) is 0 Å². The smallest absolute Gasteiger partial charge is 0.360 e. The molecule has 1 aromatic rings. The second kappa shape index (κ2) is 3.66. The van der Waals surface area contributed by atoms with Gasteiger partial charge in [0.2, 0.25) is 0 Å². The van der Waals surface area contributed by atoms with Gasteiger partial charge in [0, 0.05) is 0 Å². The van der Waals surface area contributed by atoms with Crippen molar-refractivity contribution in [3.63, 3.8) is 0 Å². The Morgan fingerprint density at radius 3 is 2.92 bits per heavy atom. The molecule has 0 fully saturated rings. The minimum atomic E-state index is -0.597. The van der Waals surface area contributed by atoms with Gasteiger partial charge in [0.15, 0.2) is 11.5 Å². The van der Waals surface area contributed by atoms with Gasteiger partial charge >= 0.3 is 5.97 Å². The molecular weight excluding hydrogens is 170 g/mol.